The lowest BCUT2D eigenvalue weighted by atomic mass is 10.00. The van der Waals surface area contributed by atoms with Crippen LogP contribution >= 0.6 is 0 Å². The van der Waals surface area contributed by atoms with Crippen LogP contribution < -0.4 is 0 Å². The molecule has 15 heterocycles. The fourth-order valence-corrected chi connectivity index (χ4v) is 22.3. The van der Waals surface area contributed by atoms with Crippen molar-refractivity contribution in [1.29, 1.82) is 0 Å². The summed E-state index contributed by atoms with van der Waals surface area (Å²) < 4.78 is 14.1. The van der Waals surface area contributed by atoms with E-state index in [-0.39, 0.29) is 0 Å². The molecule has 0 aliphatic rings. The summed E-state index contributed by atoms with van der Waals surface area (Å²) in [6.45, 7) is 0. The van der Waals surface area contributed by atoms with Crippen LogP contribution in [-0.2, 0) is 0 Å². The number of rotatable bonds is 15. The molecule has 15 nitrogen and oxygen atoms in total. The number of hydrogen-bond donors (Lipinski definition) is 0. The van der Waals surface area contributed by atoms with Gasteiger partial charge in [-0.05, 0) is 246 Å². The summed E-state index contributed by atoms with van der Waals surface area (Å²) in [4.78, 5) is 43.8. The highest BCUT2D eigenvalue weighted by Crippen LogP contribution is 2.48. The fourth-order valence-electron chi connectivity index (χ4n) is 22.3. The van der Waals surface area contributed by atoms with Crippen LogP contribution in [0.2, 0.25) is 0 Å². The van der Waals surface area contributed by atoms with Gasteiger partial charge in [0, 0.05) is 148 Å². The lowest BCUT2D eigenvalue weighted by Gasteiger charge is -2.15. The van der Waals surface area contributed by atoms with Gasteiger partial charge in [-0.1, -0.05) is 267 Å². The maximum absolute atomic E-state index is 5.39. The number of nitrogens with zero attached hydrogens (tertiary/aromatic N) is 15. The molecule has 0 radical (unpaired) electrons. The van der Waals surface area contributed by atoms with E-state index in [4.69, 9.17) is 34.9 Å². The molecule has 0 atom stereocenters. The molecule has 0 unspecified atom stereocenters. The van der Waals surface area contributed by atoms with Crippen molar-refractivity contribution in [3.05, 3.63) is 529 Å². The Bertz CT molecular complexity index is 9330. The van der Waals surface area contributed by atoms with Crippen LogP contribution in [0.3, 0.4) is 0 Å². The number of pyridine rings is 9. The minimum atomic E-state index is 0.786. The van der Waals surface area contributed by atoms with E-state index in [1.54, 1.807) is 0 Å². The van der Waals surface area contributed by atoms with E-state index >= 15 is 0 Å². The van der Waals surface area contributed by atoms with Gasteiger partial charge in [0.1, 0.15) is 5.82 Å². The minimum absolute atomic E-state index is 0.786. The second kappa shape index (κ2) is 37.0. The number of hydrogen-bond acceptors (Lipinski definition) is 9. The summed E-state index contributed by atoms with van der Waals surface area (Å²) in [7, 11) is 0. The van der Waals surface area contributed by atoms with Gasteiger partial charge in [0.05, 0.1) is 128 Å². The van der Waals surface area contributed by atoms with Crippen LogP contribution in [0.1, 0.15) is 0 Å². The van der Waals surface area contributed by atoms with E-state index in [1.165, 1.54) is 32.3 Å². The Kier molecular flexibility index (Phi) is 21.5. The Morgan fingerprint density at radius 3 is 0.840 bits per heavy atom. The van der Waals surface area contributed by atoms with Crippen molar-refractivity contribution in [1.82, 2.24) is 72.3 Å². The van der Waals surface area contributed by atoms with Gasteiger partial charge in [-0.2, -0.15) is 0 Å². The molecule has 15 aromatic carbocycles. The SMILES string of the molecule is c1ccc(-c2cc(-c3ccccc3)nc(-n3c4ccccc4c4cccc(-c5ccc6c7ncccc7n(-c7ccccc7)c6c5)c43)c2)cc1.c1ccc(-n2c3cc(-c4cccc5c6ccccc6n(-c6cc(-c7ccccn7)cc(-c7ccccn7)c6)c45)ccc3c3ncccc32)cc1.c1ccc(-n2c3cc(-c4cccc5c6ccccc6n(-c6cc(-c7ccccn7)nc(-c7ccccn7)c6)c45)ccc3c3ncccc32)cc1. The van der Waals surface area contributed by atoms with E-state index in [0.717, 1.165) is 234 Å². The lowest BCUT2D eigenvalue weighted by Crippen LogP contribution is -2.01. The van der Waals surface area contributed by atoms with Gasteiger partial charge >= 0.3 is 0 Å². The first-order chi connectivity index (χ1) is 74.4. The number of fused-ring (bicyclic) bond motifs is 18. The smallest absolute Gasteiger partial charge is 0.138 e. The Hall–Kier alpha value is -20.6. The number of para-hydroxylation sites is 9. The van der Waals surface area contributed by atoms with Gasteiger partial charge in [-0.15, -0.1) is 0 Å². The predicted octanol–water partition coefficient (Wildman–Crippen LogP) is 33.2. The number of aromatic nitrogens is 15. The Balaban J connectivity index is 0.000000108. The molecule has 15 aromatic heterocycles. The second-order valence-electron chi connectivity index (χ2n) is 37.5. The molecule has 30 rings (SSSR count). The highest BCUT2D eigenvalue weighted by Gasteiger charge is 2.28. The quantitative estimate of drug-likeness (QED) is 0.0979. The van der Waals surface area contributed by atoms with E-state index in [0.29, 0.717) is 0 Å². The average molecular weight is 1920 g/mol. The van der Waals surface area contributed by atoms with Crippen molar-refractivity contribution in [2.45, 2.75) is 0 Å². The Labute approximate surface area is 861 Å². The van der Waals surface area contributed by atoms with Gasteiger partial charge in [0.25, 0.3) is 0 Å². The molecule has 15 heteroatoms. The molecule has 0 fully saturated rings. The van der Waals surface area contributed by atoms with Crippen molar-refractivity contribution >= 4 is 131 Å². The van der Waals surface area contributed by atoms with Crippen LogP contribution in [-0.4, -0.2) is 72.3 Å². The van der Waals surface area contributed by atoms with Crippen LogP contribution in [0, 0.1) is 0 Å². The third-order valence-corrected chi connectivity index (χ3v) is 28.9. The van der Waals surface area contributed by atoms with Crippen LogP contribution in [0.25, 0.3) is 267 Å². The third-order valence-electron chi connectivity index (χ3n) is 28.9. The molecule has 0 bridgehead atoms. The summed E-state index contributed by atoms with van der Waals surface area (Å²) in [5.41, 5.74) is 40.0. The van der Waals surface area contributed by atoms with Gasteiger partial charge in [-0.25, -0.2) is 9.97 Å². The fraction of sp³-hybridized carbons (Fsp3) is 0. The summed E-state index contributed by atoms with van der Waals surface area (Å²) in [5.74, 6) is 0.882. The summed E-state index contributed by atoms with van der Waals surface area (Å²) in [5, 5.41) is 10.5. The molecule has 0 amide bonds. The largest absolute Gasteiger partial charge is 0.309 e. The van der Waals surface area contributed by atoms with Crippen molar-refractivity contribution < 1.29 is 0 Å². The van der Waals surface area contributed by atoms with E-state index in [9.17, 15) is 0 Å². The zero-order valence-corrected chi connectivity index (χ0v) is 80.9. The molecule has 30 aromatic rings. The summed E-state index contributed by atoms with van der Waals surface area (Å²) in [6, 6.07) is 171. The van der Waals surface area contributed by atoms with Gasteiger partial charge < -0.3 is 22.8 Å². The first kappa shape index (κ1) is 87.3. The third kappa shape index (κ3) is 15.2. The van der Waals surface area contributed by atoms with Gasteiger partial charge in [-0.3, -0.25) is 39.5 Å². The molecule has 150 heavy (non-hydrogen) atoms. The molecule has 0 saturated carbocycles. The minimum Gasteiger partial charge on any atom is -0.309 e. The standard InChI is InChI=1S/C46H30N4.C45H29N5.C44H28N6/c1-4-14-31(15-5-1)34-28-40(32-16-6-2-7-17-32)48-44(30-34)50-41-23-11-10-20-37(41)38-22-12-21-36(46(38)50)33-25-26-39-43(29-33)49(35-18-8-3-9-19-35)42-24-13-27-47-45(39)42;1-2-12-33(13-3-1)49-42-20-11-25-48-44(42)38-22-21-30(29-43(38)49)35-15-10-16-37-36-14-4-5-19-41(36)50(45(35)37)34-27-31(39-17-6-8-23-46-39)26-32(28-34)40-18-7-9-24-47-40;1-2-12-30(13-3-1)49-41-20-11-25-47-43(41)35-22-21-29(26-42(35)49)32-15-10-16-34-33-14-4-5-19-40(33)50(44(32)34)31-27-38(36-17-6-8-23-45-36)48-39(28-31)37-18-7-9-24-46-37/h1-30H;1-29H;1-28H. The highest BCUT2D eigenvalue weighted by atomic mass is 15.1. The first-order valence-corrected chi connectivity index (χ1v) is 50.3. The summed E-state index contributed by atoms with van der Waals surface area (Å²) >= 11 is 0. The molecule has 702 valence electrons. The second-order valence-corrected chi connectivity index (χ2v) is 37.5. The Morgan fingerprint density at radius 1 is 0.133 bits per heavy atom. The topological polar surface area (TPSA) is 146 Å². The maximum atomic E-state index is 5.39. The molecule has 0 aliphatic carbocycles. The Morgan fingerprint density at radius 2 is 0.453 bits per heavy atom. The lowest BCUT2D eigenvalue weighted by molar-refractivity contribution is 1.08. The van der Waals surface area contributed by atoms with E-state index < -0.39 is 0 Å². The van der Waals surface area contributed by atoms with Crippen LogP contribution in [0.4, 0.5) is 0 Å². The normalized spacial score (nSPS) is 11.6. The van der Waals surface area contributed by atoms with E-state index in [1.807, 2.05) is 122 Å². The zero-order chi connectivity index (χ0) is 99.1. The maximum Gasteiger partial charge on any atom is 0.138 e. The summed E-state index contributed by atoms with van der Waals surface area (Å²) in [6.07, 6.45) is 12.9. The molecule has 0 aliphatic heterocycles. The van der Waals surface area contributed by atoms with E-state index in [2.05, 4.69) is 444 Å². The van der Waals surface area contributed by atoms with Crippen molar-refractivity contribution in [2.24, 2.45) is 0 Å². The average Bonchev–Trinajstić information content (AvgIpc) is 1.57. The van der Waals surface area contributed by atoms with Crippen molar-refractivity contribution in [3.63, 3.8) is 0 Å². The molecular formula is C135H87N15. The molecule has 0 spiro atoms. The van der Waals surface area contributed by atoms with Crippen LogP contribution in [0.15, 0.2) is 529 Å². The van der Waals surface area contributed by atoms with Gasteiger partial charge in [0.15, 0.2) is 0 Å². The first-order valence-electron chi connectivity index (χ1n) is 50.3. The van der Waals surface area contributed by atoms with Crippen molar-refractivity contribution in [3.8, 4) is 135 Å². The van der Waals surface area contributed by atoms with Crippen molar-refractivity contribution in [2.75, 3.05) is 0 Å². The van der Waals surface area contributed by atoms with Gasteiger partial charge in [0.2, 0.25) is 0 Å². The number of benzene rings is 15. The predicted molar refractivity (Wildman–Crippen MR) is 614 cm³/mol. The monoisotopic (exact) mass is 1920 g/mol. The molecule has 0 N–H and O–H groups in total. The molecule has 0 saturated heterocycles. The highest BCUT2D eigenvalue weighted by molar-refractivity contribution is 6.19. The zero-order valence-electron chi connectivity index (χ0n) is 80.9. The molecular weight excluding hydrogens is 1830 g/mol. The van der Waals surface area contributed by atoms with Crippen LogP contribution in [0.5, 0.6) is 0 Å².